The molecular formula is C5H10FO7P. The van der Waals surface area contributed by atoms with Gasteiger partial charge in [-0.2, -0.15) is 0 Å². The van der Waals surface area contributed by atoms with Gasteiger partial charge in [0.1, 0.15) is 12.2 Å². The number of phosphoric acid groups is 1. The molecule has 0 saturated carbocycles. The molecule has 0 aromatic rings. The number of phosphoric ester groups is 1. The summed E-state index contributed by atoms with van der Waals surface area (Å²) in [5, 5.41) is 17.6. The molecule has 9 heteroatoms. The van der Waals surface area contributed by atoms with Crippen LogP contribution in [0.1, 0.15) is 0 Å². The third-order valence-corrected chi connectivity index (χ3v) is 2.18. The van der Waals surface area contributed by atoms with E-state index in [0.29, 0.717) is 0 Å². The number of alkyl halides is 1. The van der Waals surface area contributed by atoms with E-state index in [1.807, 2.05) is 0 Å². The minimum atomic E-state index is -4.87. The highest BCUT2D eigenvalue weighted by molar-refractivity contribution is 7.46. The number of hydrogen-bond acceptors (Lipinski definition) is 5. The van der Waals surface area contributed by atoms with Crippen LogP contribution in [-0.2, 0) is 13.8 Å². The molecule has 0 spiro atoms. The highest BCUT2D eigenvalue weighted by Crippen LogP contribution is 2.41. The fourth-order valence-corrected chi connectivity index (χ4v) is 1.50. The van der Waals surface area contributed by atoms with Gasteiger partial charge in [-0.25, -0.2) is 8.96 Å². The van der Waals surface area contributed by atoms with E-state index in [-0.39, 0.29) is 0 Å². The summed E-state index contributed by atoms with van der Waals surface area (Å²) in [6.45, 7) is -0.664. The molecule has 1 fully saturated rings. The monoisotopic (exact) mass is 232 g/mol. The first-order chi connectivity index (χ1) is 6.35. The molecule has 0 aromatic heterocycles. The van der Waals surface area contributed by atoms with Crippen LogP contribution in [0.3, 0.4) is 0 Å². The summed E-state index contributed by atoms with van der Waals surface area (Å²) in [5.74, 6) is 0. The van der Waals surface area contributed by atoms with Gasteiger partial charge in [0.15, 0.2) is 6.17 Å². The number of aliphatic hydroxyl groups excluding tert-OH is 2. The molecule has 1 rings (SSSR count). The van der Waals surface area contributed by atoms with Crippen molar-refractivity contribution in [2.75, 3.05) is 6.61 Å². The maximum atomic E-state index is 13.0. The van der Waals surface area contributed by atoms with E-state index in [9.17, 15) is 8.96 Å². The topological polar surface area (TPSA) is 116 Å². The first kappa shape index (κ1) is 12.0. The zero-order chi connectivity index (χ0) is 10.9. The number of rotatable bonds is 3. The Bertz CT molecular complexity index is 242. The zero-order valence-corrected chi connectivity index (χ0v) is 7.75. The van der Waals surface area contributed by atoms with E-state index < -0.39 is 39.1 Å². The SMILES string of the molecule is O=P(O)(O)OC1OC(CO)[C@@H](O)C1F. The molecule has 1 saturated heterocycles. The molecule has 7 nitrogen and oxygen atoms in total. The molecule has 0 bridgehead atoms. The molecule has 0 radical (unpaired) electrons. The maximum Gasteiger partial charge on any atom is 0.472 e. The summed E-state index contributed by atoms with van der Waals surface area (Å²) in [5.41, 5.74) is 0. The van der Waals surface area contributed by atoms with Crippen molar-refractivity contribution < 1.29 is 38.2 Å². The predicted molar refractivity (Wildman–Crippen MR) is 39.8 cm³/mol. The molecular weight excluding hydrogens is 222 g/mol. The lowest BCUT2D eigenvalue weighted by Crippen LogP contribution is -2.31. The second-order valence-corrected chi connectivity index (χ2v) is 3.95. The van der Waals surface area contributed by atoms with Gasteiger partial charge in [0, 0.05) is 0 Å². The maximum absolute atomic E-state index is 13.0. The van der Waals surface area contributed by atoms with Crippen molar-refractivity contribution in [1.82, 2.24) is 0 Å². The molecule has 4 N–H and O–H groups in total. The third-order valence-electron chi connectivity index (χ3n) is 1.70. The summed E-state index contributed by atoms with van der Waals surface area (Å²) < 4.78 is 31.7. The summed E-state index contributed by atoms with van der Waals surface area (Å²) in [6.07, 6.45) is -6.85. The van der Waals surface area contributed by atoms with E-state index in [0.717, 1.165) is 0 Å². The van der Waals surface area contributed by atoms with Gasteiger partial charge >= 0.3 is 7.82 Å². The lowest BCUT2D eigenvalue weighted by Gasteiger charge is -2.13. The number of halogens is 1. The third kappa shape index (κ3) is 2.71. The number of hydrogen-bond donors (Lipinski definition) is 4. The Balaban J connectivity index is 2.61. The minimum Gasteiger partial charge on any atom is -0.394 e. The lowest BCUT2D eigenvalue weighted by molar-refractivity contribution is -0.114. The summed E-state index contributed by atoms with van der Waals surface area (Å²) >= 11 is 0. The Morgan fingerprint density at radius 2 is 2.07 bits per heavy atom. The van der Waals surface area contributed by atoms with Crippen molar-refractivity contribution in [1.29, 1.82) is 0 Å². The lowest BCUT2D eigenvalue weighted by atomic mass is 10.2. The van der Waals surface area contributed by atoms with Crippen molar-refractivity contribution in [2.45, 2.75) is 24.7 Å². The van der Waals surface area contributed by atoms with Gasteiger partial charge in [0.25, 0.3) is 0 Å². The van der Waals surface area contributed by atoms with Crippen LogP contribution < -0.4 is 0 Å². The van der Waals surface area contributed by atoms with Crippen LogP contribution >= 0.6 is 7.82 Å². The summed E-state index contributed by atoms with van der Waals surface area (Å²) in [4.78, 5) is 16.7. The Hall–Kier alpha value is -0.0800. The van der Waals surface area contributed by atoms with Gasteiger partial charge in [0.2, 0.25) is 6.29 Å². The van der Waals surface area contributed by atoms with Crippen LogP contribution in [0.5, 0.6) is 0 Å². The largest absolute Gasteiger partial charge is 0.472 e. The average Bonchev–Trinajstić information content (AvgIpc) is 2.30. The first-order valence-electron chi connectivity index (χ1n) is 3.67. The summed E-state index contributed by atoms with van der Waals surface area (Å²) in [6, 6.07) is 0. The number of ether oxygens (including phenoxy) is 1. The Morgan fingerprint density at radius 1 is 1.50 bits per heavy atom. The molecule has 1 aliphatic rings. The van der Waals surface area contributed by atoms with Crippen LogP contribution in [0, 0.1) is 0 Å². The zero-order valence-electron chi connectivity index (χ0n) is 6.86. The molecule has 0 aliphatic carbocycles. The average molecular weight is 232 g/mol. The molecule has 3 unspecified atom stereocenters. The molecule has 14 heavy (non-hydrogen) atoms. The molecule has 0 aromatic carbocycles. The van der Waals surface area contributed by atoms with E-state index >= 15 is 0 Å². The second-order valence-electron chi connectivity index (χ2n) is 2.76. The van der Waals surface area contributed by atoms with Crippen LogP contribution in [0.15, 0.2) is 0 Å². The normalized spacial score (nSPS) is 38.9. The minimum absolute atomic E-state index is 0.664. The standard InChI is InChI=1S/C5H10FO7P/c6-3-4(8)2(1-7)12-5(3)13-14(9,10)11/h2-5,7-8H,1H2,(H2,9,10,11)/t2?,3?,4-,5?/m1/s1. The van der Waals surface area contributed by atoms with Gasteiger partial charge in [-0.05, 0) is 0 Å². The van der Waals surface area contributed by atoms with Crippen molar-refractivity contribution in [3.63, 3.8) is 0 Å². The van der Waals surface area contributed by atoms with Gasteiger partial charge in [-0.3, -0.25) is 4.52 Å². The first-order valence-corrected chi connectivity index (χ1v) is 5.20. The fourth-order valence-electron chi connectivity index (χ4n) is 1.06. The van der Waals surface area contributed by atoms with Gasteiger partial charge < -0.3 is 24.7 Å². The van der Waals surface area contributed by atoms with Crippen LogP contribution in [-0.4, -0.2) is 51.3 Å². The second kappa shape index (κ2) is 4.19. The predicted octanol–water partition coefficient (Wildman–Crippen LogP) is -1.49. The molecule has 1 aliphatic heterocycles. The van der Waals surface area contributed by atoms with Crippen molar-refractivity contribution in [2.24, 2.45) is 0 Å². The molecule has 0 amide bonds. The Kier molecular flexibility index (Phi) is 3.59. The van der Waals surface area contributed by atoms with Crippen molar-refractivity contribution in [3.8, 4) is 0 Å². The van der Waals surface area contributed by atoms with E-state index in [1.165, 1.54) is 0 Å². The molecule has 1 heterocycles. The van der Waals surface area contributed by atoms with Gasteiger partial charge in [-0.15, -0.1) is 0 Å². The van der Waals surface area contributed by atoms with Gasteiger partial charge in [0.05, 0.1) is 6.61 Å². The van der Waals surface area contributed by atoms with Crippen molar-refractivity contribution >= 4 is 7.82 Å². The van der Waals surface area contributed by atoms with E-state index in [1.54, 1.807) is 0 Å². The highest BCUT2D eigenvalue weighted by atomic mass is 31.2. The van der Waals surface area contributed by atoms with Crippen LogP contribution in [0.2, 0.25) is 0 Å². The van der Waals surface area contributed by atoms with E-state index in [2.05, 4.69) is 9.26 Å². The quantitative estimate of drug-likeness (QED) is 0.438. The highest BCUT2D eigenvalue weighted by Gasteiger charge is 2.47. The Morgan fingerprint density at radius 3 is 2.43 bits per heavy atom. The Labute approximate surface area is 78.3 Å². The molecule has 84 valence electrons. The van der Waals surface area contributed by atoms with Crippen LogP contribution in [0.25, 0.3) is 0 Å². The van der Waals surface area contributed by atoms with Gasteiger partial charge in [-0.1, -0.05) is 0 Å². The van der Waals surface area contributed by atoms with Crippen LogP contribution in [0.4, 0.5) is 4.39 Å². The molecule has 4 atom stereocenters. The van der Waals surface area contributed by atoms with Crippen molar-refractivity contribution in [3.05, 3.63) is 0 Å². The number of aliphatic hydroxyl groups is 2. The smallest absolute Gasteiger partial charge is 0.394 e. The summed E-state index contributed by atoms with van der Waals surface area (Å²) in [7, 11) is -4.87. The van der Waals surface area contributed by atoms with E-state index in [4.69, 9.17) is 20.0 Å². The fraction of sp³-hybridized carbons (Fsp3) is 1.00.